The minimum Gasteiger partial charge on any atom is -0.487 e. The lowest BCUT2D eigenvalue weighted by atomic mass is 9.97. The summed E-state index contributed by atoms with van der Waals surface area (Å²) in [5, 5.41) is 13.5. The molecule has 0 unspecified atom stereocenters. The highest BCUT2D eigenvalue weighted by atomic mass is 16.5. The quantitative estimate of drug-likeness (QED) is 0.472. The molecule has 5 heteroatoms. The van der Waals surface area contributed by atoms with Crippen molar-refractivity contribution in [2.45, 2.75) is 34.3 Å². The van der Waals surface area contributed by atoms with Crippen LogP contribution in [0.3, 0.4) is 0 Å². The monoisotopic (exact) mass is 316 g/mol. The largest absolute Gasteiger partial charge is 0.487 e. The van der Waals surface area contributed by atoms with Crippen LogP contribution in [0.2, 0.25) is 0 Å². The Morgan fingerprint density at radius 2 is 2.00 bits per heavy atom. The van der Waals surface area contributed by atoms with Crippen LogP contribution in [-0.4, -0.2) is 20.9 Å². The number of aromatic nitrogens is 2. The third-order valence-electron chi connectivity index (χ3n) is 3.32. The van der Waals surface area contributed by atoms with Gasteiger partial charge in [-0.15, -0.1) is 0 Å². The molecule has 1 heterocycles. The Bertz CT molecular complexity index is 683. The molecule has 23 heavy (non-hydrogen) atoms. The summed E-state index contributed by atoms with van der Waals surface area (Å²) in [6.07, 6.45) is 4.99. The number of aliphatic carboxylic acids is 1. The van der Waals surface area contributed by atoms with Crippen LogP contribution in [0.4, 0.5) is 0 Å². The van der Waals surface area contributed by atoms with Crippen molar-refractivity contribution < 1.29 is 14.6 Å². The van der Waals surface area contributed by atoms with Crippen LogP contribution in [0.5, 0.6) is 0 Å². The average Bonchev–Trinajstić information content (AvgIpc) is 2.86. The Hall–Kier alpha value is -2.56. The van der Waals surface area contributed by atoms with E-state index >= 15 is 0 Å². The molecule has 0 atom stereocenters. The topological polar surface area (TPSA) is 64.3 Å². The zero-order valence-corrected chi connectivity index (χ0v) is 14.4. The smallest absolute Gasteiger partial charge is 0.336 e. The predicted octanol–water partition coefficient (Wildman–Crippen LogP) is 3.76. The van der Waals surface area contributed by atoms with Crippen LogP contribution in [0, 0.1) is 0 Å². The van der Waals surface area contributed by atoms with Crippen LogP contribution in [-0.2, 0) is 23.2 Å². The molecule has 5 nitrogen and oxygen atoms in total. The van der Waals surface area contributed by atoms with Gasteiger partial charge in [-0.2, -0.15) is 5.10 Å². The maximum atomic E-state index is 11.5. The van der Waals surface area contributed by atoms with E-state index < -0.39 is 5.97 Å². The number of rotatable bonds is 7. The molecule has 0 spiro atoms. The van der Waals surface area contributed by atoms with Gasteiger partial charge in [0.2, 0.25) is 0 Å². The third kappa shape index (κ3) is 4.98. The van der Waals surface area contributed by atoms with Gasteiger partial charge in [0.25, 0.3) is 0 Å². The SMILES string of the molecule is C=C/C(=C\C(=C(C)C)C(C(=O)O)=C(C)C)OCc1ccnn1C. The Labute approximate surface area is 137 Å². The van der Waals surface area contributed by atoms with E-state index in [0.717, 1.165) is 16.8 Å². The molecule has 0 saturated carbocycles. The van der Waals surface area contributed by atoms with Crippen LogP contribution in [0.1, 0.15) is 33.4 Å². The molecule has 1 N–H and O–H groups in total. The van der Waals surface area contributed by atoms with Crippen LogP contribution >= 0.6 is 0 Å². The Morgan fingerprint density at radius 3 is 2.39 bits per heavy atom. The Balaban J connectivity index is 3.12. The molecular formula is C18H24N2O3. The normalized spacial score (nSPS) is 10.9. The van der Waals surface area contributed by atoms with Crippen molar-refractivity contribution in [1.29, 1.82) is 0 Å². The first-order valence-electron chi connectivity index (χ1n) is 7.30. The molecule has 1 rings (SSSR count). The highest BCUT2D eigenvalue weighted by Crippen LogP contribution is 2.23. The number of carboxylic acid groups (broad SMARTS) is 1. The lowest BCUT2D eigenvalue weighted by Gasteiger charge is -2.12. The predicted molar refractivity (Wildman–Crippen MR) is 90.7 cm³/mol. The zero-order chi connectivity index (χ0) is 17.6. The fourth-order valence-electron chi connectivity index (χ4n) is 2.07. The molecule has 0 aliphatic heterocycles. The second kappa shape index (κ2) is 8.17. The van der Waals surface area contributed by atoms with Crippen molar-refractivity contribution in [3.63, 3.8) is 0 Å². The number of ether oxygens (including phenoxy) is 1. The van der Waals surface area contributed by atoms with Gasteiger partial charge < -0.3 is 9.84 Å². The summed E-state index contributed by atoms with van der Waals surface area (Å²) in [7, 11) is 1.84. The highest BCUT2D eigenvalue weighted by molar-refractivity contribution is 5.94. The third-order valence-corrected chi connectivity index (χ3v) is 3.32. The number of aryl methyl sites for hydroxylation is 1. The van der Waals surface area contributed by atoms with Gasteiger partial charge in [0.05, 0.1) is 11.3 Å². The van der Waals surface area contributed by atoms with Gasteiger partial charge >= 0.3 is 5.97 Å². The molecule has 0 amide bonds. The first-order valence-corrected chi connectivity index (χ1v) is 7.30. The van der Waals surface area contributed by atoms with Gasteiger partial charge in [0, 0.05) is 13.2 Å². The molecular weight excluding hydrogens is 292 g/mol. The molecule has 0 aromatic carbocycles. The van der Waals surface area contributed by atoms with Crippen molar-refractivity contribution in [3.8, 4) is 0 Å². The van der Waals surface area contributed by atoms with Gasteiger partial charge in [-0.25, -0.2) is 4.79 Å². The first kappa shape index (κ1) is 18.5. The Morgan fingerprint density at radius 1 is 1.35 bits per heavy atom. The number of nitrogens with zero attached hydrogens (tertiary/aromatic N) is 2. The van der Waals surface area contributed by atoms with E-state index in [1.807, 2.05) is 27.0 Å². The standard InChI is InChI=1S/C18H24N2O3/c1-7-15(23-11-14-8-9-19-20(14)6)10-16(12(2)3)17(13(4)5)18(21)22/h7-10H,1,11H2,2-6H3,(H,21,22)/b15-10+. The zero-order valence-electron chi connectivity index (χ0n) is 14.4. The summed E-state index contributed by atoms with van der Waals surface area (Å²) < 4.78 is 7.46. The lowest BCUT2D eigenvalue weighted by Crippen LogP contribution is -2.07. The van der Waals surface area contributed by atoms with Gasteiger partial charge in [0.1, 0.15) is 12.4 Å². The van der Waals surface area contributed by atoms with E-state index in [2.05, 4.69) is 11.7 Å². The Kier molecular flexibility index (Phi) is 6.57. The van der Waals surface area contributed by atoms with Crippen molar-refractivity contribution in [2.24, 2.45) is 7.05 Å². The van der Waals surface area contributed by atoms with Gasteiger partial charge in [-0.1, -0.05) is 17.7 Å². The summed E-state index contributed by atoms with van der Waals surface area (Å²) in [4.78, 5) is 11.5. The fraction of sp³-hybridized carbons (Fsp3) is 0.333. The van der Waals surface area contributed by atoms with E-state index in [4.69, 9.17) is 4.74 Å². The first-order chi connectivity index (χ1) is 10.8. The fourth-order valence-corrected chi connectivity index (χ4v) is 2.07. The van der Waals surface area contributed by atoms with Crippen LogP contribution in [0.15, 0.2) is 59.0 Å². The maximum Gasteiger partial charge on any atom is 0.336 e. The van der Waals surface area contributed by atoms with E-state index in [1.54, 1.807) is 36.9 Å². The lowest BCUT2D eigenvalue weighted by molar-refractivity contribution is -0.132. The number of hydrogen-bond acceptors (Lipinski definition) is 3. The van der Waals surface area contributed by atoms with E-state index in [1.165, 1.54) is 0 Å². The molecule has 124 valence electrons. The molecule has 0 bridgehead atoms. The van der Waals surface area contributed by atoms with Crippen molar-refractivity contribution in [3.05, 3.63) is 64.7 Å². The number of hydrogen-bond donors (Lipinski definition) is 1. The molecule has 1 aromatic heterocycles. The molecule has 0 aliphatic rings. The molecule has 0 fully saturated rings. The molecule has 0 radical (unpaired) electrons. The summed E-state index contributed by atoms with van der Waals surface area (Å²) in [6.45, 7) is 11.4. The number of allylic oxidation sites excluding steroid dienone is 4. The van der Waals surface area contributed by atoms with Crippen molar-refractivity contribution in [1.82, 2.24) is 9.78 Å². The summed E-state index contributed by atoms with van der Waals surface area (Å²) in [5.74, 6) is -0.435. The van der Waals surface area contributed by atoms with Crippen LogP contribution in [0.25, 0.3) is 0 Å². The van der Waals surface area contributed by atoms with E-state index in [9.17, 15) is 9.90 Å². The summed E-state index contributed by atoms with van der Waals surface area (Å²) in [6, 6.07) is 1.86. The summed E-state index contributed by atoms with van der Waals surface area (Å²) in [5.41, 5.74) is 3.47. The number of carboxylic acids is 1. The van der Waals surface area contributed by atoms with Gasteiger partial charge in [-0.05, 0) is 51.5 Å². The molecule has 0 saturated heterocycles. The van der Waals surface area contributed by atoms with Crippen molar-refractivity contribution >= 4 is 5.97 Å². The minimum absolute atomic E-state index is 0.286. The maximum absolute atomic E-state index is 11.5. The minimum atomic E-state index is -0.951. The molecule has 1 aromatic rings. The van der Waals surface area contributed by atoms with E-state index in [0.29, 0.717) is 17.9 Å². The average molecular weight is 316 g/mol. The van der Waals surface area contributed by atoms with Crippen molar-refractivity contribution in [2.75, 3.05) is 0 Å². The second-order valence-electron chi connectivity index (χ2n) is 5.58. The van der Waals surface area contributed by atoms with Crippen LogP contribution < -0.4 is 0 Å². The summed E-state index contributed by atoms with van der Waals surface area (Å²) >= 11 is 0. The second-order valence-corrected chi connectivity index (χ2v) is 5.58. The molecule has 0 aliphatic carbocycles. The highest BCUT2D eigenvalue weighted by Gasteiger charge is 2.15. The van der Waals surface area contributed by atoms with E-state index in [-0.39, 0.29) is 5.57 Å². The van der Waals surface area contributed by atoms with Gasteiger partial charge in [-0.3, -0.25) is 4.68 Å². The number of carbonyl (C=O) groups is 1. The van der Waals surface area contributed by atoms with Gasteiger partial charge in [0.15, 0.2) is 0 Å².